The van der Waals surface area contributed by atoms with Gasteiger partial charge >= 0.3 is 0 Å². The van der Waals surface area contributed by atoms with Crippen LogP contribution < -0.4 is 10.1 Å². The molecule has 0 saturated carbocycles. The molecule has 28 heavy (non-hydrogen) atoms. The van der Waals surface area contributed by atoms with E-state index in [1.807, 2.05) is 31.2 Å². The van der Waals surface area contributed by atoms with Gasteiger partial charge in [0.15, 0.2) is 0 Å². The molecular formula is C20H23FN2O4S. The summed E-state index contributed by atoms with van der Waals surface area (Å²) in [5.74, 6) is -1.29. The first-order chi connectivity index (χ1) is 13.3. The van der Waals surface area contributed by atoms with Crippen LogP contribution in [-0.2, 0) is 14.8 Å². The normalized spacial score (nSPS) is 17.9. The largest absolute Gasteiger partial charge is 0.495 e. The fraction of sp³-hybridized carbons (Fsp3) is 0.350. The van der Waals surface area contributed by atoms with E-state index in [9.17, 15) is 17.6 Å². The molecule has 1 atom stereocenters. The number of hydrogen-bond donors (Lipinski definition) is 1. The molecule has 1 aliphatic rings. The monoisotopic (exact) mass is 406 g/mol. The number of nitrogens with zero attached hydrogens (tertiary/aromatic N) is 1. The molecule has 0 spiro atoms. The first kappa shape index (κ1) is 20.3. The van der Waals surface area contributed by atoms with Crippen LogP contribution in [0.3, 0.4) is 0 Å². The van der Waals surface area contributed by atoms with E-state index in [-0.39, 0.29) is 29.6 Å². The molecule has 0 aromatic heterocycles. The van der Waals surface area contributed by atoms with Crippen molar-refractivity contribution in [1.82, 2.24) is 4.31 Å². The minimum absolute atomic E-state index is 0.0414. The van der Waals surface area contributed by atoms with Crippen molar-refractivity contribution in [2.24, 2.45) is 5.92 Å². The molecule has 0 radical (unpaired) electrons. The van der Waals surface area contributed by atoms with Gasteiger partial charge in [0.2, 0.25) is 15.9 Å². The van der Waals surface area contributed by atoms with E-state index in [1.54, 1.807) is 0 Å². The molecule has 1 fully saturated rings. The topological polar surface area (TPSA) is 75.7 Å². The number of nitrogens with one attached hydrogen (secondary N) is 1. The third-order valence-electron chi connectivity index (χ3n) is 4.82. The number of amides is 1. The average molecular weight is 406 g/mol. The number of anilines is 1. The standard InChI is InChI=1S/C20H23FN2O4S/c1-14-5-8-17(9-6-14)22-20(24)15-4-3-11-23(13-15)28(25,26)19-12-16(21)7-10-18(19)27-2/h5-10,12,15H,3-4,11,13H2,1-2H3,(H,22,24). The lowest BCUT2D eigenvalue weighted by molar-refractivity contribution is -0.120. The Hall–Kier alpha value is -2.45. The van der Waals surface area contributed by atoms with Crippen molar-refractivity contribution in [3.8, 4) is 5.75 Å². The molecule has 1 unspecified atom stereocenters. The highest BCUT2D eigenvalue weighted by molar-refractivity contribution is 7.89. The second-order valence-electron chi connectivity index (χ2n) is 6.85. The summed E-state index contributed by atoms with van der Waals surface area (Å²) in [6.45, 7) is 2.27. The quantitative estimate of drug-likeness (QED) is 0.828. The van der Waals surface area contributed by atoms with Crippen molar-refractivity contribution >= 4 is 21.6 Å². The van der Waals surface area contributed by atoms with Gasteiger partial charge < -0.3 is 10.1 Å². The van der Waals surface area contributed by atoms with Crippen LogP contribution in [0.15, 0.2) is 47.4 Å². The summed E-state index contributed by atoms with van der Waals surface area (Å²) in [6.07, 6.45) is 1.13. The van der Waals surface area contributed by atoms with Crippen molar-refractivity contribution < 1.29 is 22.3 Å². The lowest BCUT2D eigenvalue weighted by atomic mass is 9.98. The van der Waals surface area contributed by atoms with Gasteiger partial charge in [-0.1, -0.05) is 17.7 Å². The second-order valence-corrected chi connectivity index (χ2v) is 8.76. The van der Waals surface area contributed by atoms with E-state index < -0.39 is 21.8 Å². The first-order valence-corrected chi connectivity index (χ1v) is 10.5. The number of ether oxygens (including phenoxy) is 1. The van der Waals surface area contributed by atoms with Crippen LogP contribution in [0.5, 0.6) is 5.75 Å². The summed E-state index contributed by atoms with van der Waals surface area (Å²) in [5, 5.41) is 2.84. The van der Waals surface area contributed by atoms with Crippen LogP contribution in [0.4, 0.5) is 10.1 Å². The second kappa shape index (κ2) is 8.28. The van der Waals surface area contributed by atoms with Crippen LogP contribution in [0.2, 0.25) is 0 Å². The maximum atomic E-state index is 13.7. The van der Waals surface area contributed by atoms with Crippen LogP contribution >= 0.6 is 0 Å². The molecule has 1 N–H and O–H groups in total. The maximum Gasteiger partial charge on any atom is 0.246 e. The Morgan fingerprint density at radius 3 is 2.61 bits per heavy atom. The van der Waals surface area contributed by atoms with Crippen molar-refractivity contribution in [2.75, 3.05) is 25.5 Å². The smallest absolute Gasteiger partial charge is 0.246 e. The zero-order valence-electron chi connectivity index (χ0n) is 15.8. The Morgan fingerprint density at radius 2 is 1.93 bits per heavy atom. The Kier molecular flexibility index (Phi) is 6.00. The lowest BCUT2D eigenvalue weighted by Crippen LogP contribution is -2.43. The van der Waals surface area contributed by atoms with Crippen LogP contribution in [0.1, 0.15) is 18.4 Å². The molecule has 0 bridgehead atoms. The Labute approximate surface area is 164 Å². The highest BCUT2D eigenvalue weighted by Crippen LogP contribution is 2.30. The number of halogens is 1. The van der Waals surface area contributed by atoms with Gasteiger partial charge in [-0.2, -0.15) is 4.31 Å². The molecule has 0 aliphatic carbocycles. The minimum atomic E-state index is -3.98. The number of aryl methyl sites for hydroxylation is 1. The number of sulfonamides is 1. The van der Waals surface area contributed by atoms with E-state index in [0.29, 0.717) is 18.5 Å². The predicted molar refractivity (Wildman–Crippen MR) is 104 cm³/mol. The fourth-order valence-corrected chi connectivity index (χ4v) is 4.94. The summed E-state index contributed by atoms with van der Waals surface area (Å²) in [7, 11) is -2.65. The summed E-state index contributed by atoms with van der Waals surface area (Å²) in [4.78, 5) is 12.4. The molecule has 8 heteroatoms. The van der Waals surface area contributed by atoms with Crippen molar-refractivity contribution in [2.45, 2.75) is 24.7 Å². The van der Waals surface area contributed by atoms with Crippen LogP contribution in [0.25, 0.3) is 0 Å². The zero-order chi connectivity index (χ0) is 20.3. The highest BCUT2D eigenvalue weighted by atomic mass is 32.2. The SMILES string of the molecule is COc1ccc(F)cc1S(=O)(=O)N1CCCC(C(=O)Nc2ccc(C)cc2)C1. The Bertz CT molecular complexity index is 961. The highest BCUT2D eigenvalue weighted by Gasteiger charge is 2.35. The number of benzene rings is 2. The first-order valence-electron chi connectivity index (χ1n) is 9.02. The van der Waals surface area contributed by atoms with Gasteiger partial charge in [-0.05, 0) is 50.1 Å². The van der Waals surface area contributed by atoms with Crippen LogP contribution in [0, 0.1) is 18.7 Å². The molecule has 6 nitrogen and oxygen atoms in total. The summed E-state index contributed by atoms with van der Waals surface area (Å²) in [6, 6.07) is 10.8. The molecule has 1 aliphatic heterocycles. The van der Waals surface area contributed by atoms with E-state index >= 15 is 0 Å². The molecular weight excluding hydrogens is 383 g/mol. The fourth-order valence-electron chi connectivity index (χ4n) is 3.25. The predicted octanol–water partition coefficient (Wildman–Crippen LogP) is 3.18. The number of carbonyl (C=O) groups excluding carboxylic acids is 1. The molecule has 1 heterocycles. The Balaban J connectivity index is 1.78. The summed E-state index contributed by atoms with van der Waals surface area (Å²) in [5.41, 5.74) is 1.75. The lowest BCUT2D eigenvalue weighted by Gasteiger charge is -2.31. The molecule has 3 rings (SSSR count). The van der Waals surface area contributed by atoms with Crippen LogP contribution in [-0.4, -0.2) is 38.8 Å². The van der Waals surface area contributed by atoms with Gasteiger partial charge in [-0.25, -0.2) is 12.8 Å². The molecule has 2 aromatic carbocycles. The number of piperidine rings is 1. The zero-order valence-corrected chi connectivity index (χ0v) is 16.6. The average Bonchev–Trinajstić information content (AvgIpc) is 2.69. The molecule has 1 saturated heterocycles. The number of carbonyl (C=O) groups is 1. The summed E-state index contributed by atoms with van der Waals surface area (Å²) >= 11 is 0. The Morgan fingerprint density at radius 1 is 1.21 bits per heavy atom. The van der Waals surface area contributed by atoms with Gasteiger partial charge in [0.25, 0.3) is 0 Å². The van der Waals surface area contributed by atoms with Gasteiger partial charge in [-0.15, -0.1) is 0 Å². The van der Waals surface area contributed by atoms with Gasteiger partial charge in [0.05, 0.1) is 13.0 Å². The number of rotatable bonds is 5. The maximum absolute atomic E-state index is 13.7. The van der Waals surface area contributed by atoms with E-state index in [4.69, 9.17) is 4.74 Å². The number of methoxy groups -OCH3 is 1. The summed E-state index contributed by atoms with van der Waals surface area (Å²) < 4.78 is 46.0. The number of hydrogen-bond acceptors (Lipinski definition) is 4. The van der Waals surface area contributed by atoms with E-state index in [2.05, 4.69) is 5.32 Å². The molecule has 1 amide bonds. The minimum Gasteiger partial charge on any atom is -0.495 e. The molecule has 150 valence electrons. The van der Waals surface area contributed by atoms with Gasteiger partial charge in [0, 0.05) is 18.8 Å². The van der Waals surface area contributed by atoms with E-state index in [1.165, 1.54) is 17.5 Å². The van der Waals surface area contributed by atoms with Gasteiger partial charge in [-0.3, -0.25) is 4.79 Å². The van der Waals surface area contributed by atoms with Crippen molar-refractivity contribution in [1.29, 1.82) is 0 Å². The van der Waals surface area contributed by atoms with Gasteiger partial charge in [0.1, 0.15) is 16.5 Å². The molecule has 2 aromatic rings. The van der Waals surface area contributed by atoms with Crippen molar-refractivity contribution in [3.05, 3.63) is 53.8 Å². The van der Waals surface area contributed by atoms with Crippen molar-refractivity contribution in [3.63, 3.8) is 0 Å². The third-order valence-corrected chi connectivity index (χ3v) is 6.70. The van der Waals surface area contributed by atoms with E-state index in [0.717, 1.165) is 17.7 Å². The third kappa shape index (κ3) is 4.34.